The van der Waals surface area contributed by atoms with E-state index in [2.05, 4.69) is 39.4 Å². The number of hydrogen-bond donors (Lipinski definition) is 1. The van der Waals surface area contributed by atoms with Gasteiger partial charge in [-0.05, 0) is 23.6 Å². The van der Waals surface area contributed by atoms with E-state index in [1.54, 1.807) is 6.20 Å². The summed E-state index contributed by atoms with van der Waals surface area (Å²) in [4.78, 5) is 24.2. The lowest BCUT2D eigenvalue weighted by Gasteiger charge is -2.23. The molecular weight excluding hydrogens is 324 g/mol. The number of hydrogen-bond acceptors (Lipinski definition) is 3. The fourth-order valence-corrected chi connectivity index (χ4v) is 3.41. The zero-order valence-electron chi connectivity index (χ0n) is 14.8. The SMILES string of the molecule is CC(C)C(c1ccc2[nH]c(=O)c(-c3ccccc3)nc2c1)n1ccnc1. The molecule has 0 aliphatic carbocycles. The first-order valence-electron chi connectivity index (χ1n) is 8.70. The summed E-state index contributed by atoms with van der Waals surface area (Å²) in [5, 5.41) is 0. The molecule has 130 valence electrons. The summed E-state index contributed by atoms with van der Waals surface area (Å²) in [5.74, 6) is 0.387. The van der Waals surface area contributed by atoms with Crippen molar-refractivity contribution in [2.45, 2.75) is 19.9 Å². The van der Waals surface area contributed by atoms with Crippen LogP contribution in [-0.4, -0.2) is 19.5 Å². The van der Waals surface area contributed by atoms with Gasteiger partial charge < -0.3 is 9.55 Å². The minimum atomic E-state index is -0.175. The van der Waals surface area contributed by atoms with Gasteiger partial charge in [-0.15, -0.1) is 0 Å². The molecule has 2 aromatic carbocycles. The van der Waals surface area contributed by atoms with Gasteiger partial charge in [-0.3, -0.25) is 4.79 Å². The summed E-state index contributed by atoms with van der Waals surface area (Å²) in [6, 6.07) is 15.7. The van der Waals surface area contributed by atoms with Gasteiger partial charge in [-0.25, -0.2) is 9.97 Å². The third kappa shape index (κ3) is 2.92. The summed E-state index contributed by atoms with van der Waals surface area (Å²) in [6.45, 7) is 4.37. The lowest BCUT2D eigenvalue weighted by Crippen LogP contribution is -2.16. The van der Waals surface area contributed by atoms with Crippen LogP contribution in [0.3, 0.4) is 0 Å². The maximum atomic E-state index is 12.4. The maximum Gasteiger partial charge on any atom is 0.274 e. The monoisotopic (exact) mass is 344 g/mol. The number of nitrogens with one attached hydrogen (secondary N) is 1. The van der Waals surface area contributed by atoms with Crippen LogP contribution in [0.5, 0.6) is 0 Å². The van der Waals surface area contributed by atoms with Crippen molar-refractivity contribution < 1.29 is 0 Å². The second-order valence-electron chi connectivity index (χ2n) is 6.76. The highest BCUT2D eigenvalue weighted by molar-refractivity contribution is 5.77. The fourth-order valence-electron chi connectivity index (χ4n) is 3.41. The van der Waals surface area contributed by atoms with Gasteiger partial charge in [0.15, 0.2) is 0 Å². The van der Waals surface area contributed by atoms with Gasteiger partial charge in [0.25, 0.3) is 5.56 Å². The van der Waals surface area contributed by atoms with E-state index in [1.807, 2.05) is 55.0 Å². The maximum absolute atomic E-state index is 12.4. The smallest absolute Gasteiger partial charge is 0.274 e. The van der Waals surface area contributed by atoms with Crippen LogP contribution in [0.25, 0.3) is 22.3 Å². The van der Waals surface area contributed by atoms with Crippen molar-refractivity contribution in [3.63, 3.8) is 0 Å². The highest BCUT2D eigenvalue weighted by Crippen LogP contribution is 2.28. The van der Waals surface area contributed by atoms with Crippen molar-refractivity contribution in [3.8, 4) is 11.3 Å². The first-order chi connectivity index (χ1) is 12.6. The molecule has 26 heavy (non-hydrogen) atoms. The number of fused-ring (bicyclic) bond motifs is 1. The van der Waals surface area contributed by atoms with Crippen molar-refractivity contribution in [1.29, 1.82) is 0 Å². The van der Waals surface area contributed by atoms with E-state index in [0.717, 1.165) is 22.2 Å². The molecule has 5 heteroatoms. The molecule has 2 aromatic heterocycles. The Balaban J connectivity index is 1.86. The van der Waals surface area contributed by atoms with E-state index in [-0.39, 0.29) is 11.6 Å². The van der Waals surface area contributed by atoms with Gasteiger partial charge >= 0.3 is 0 Å². The van der Waals surface area contributed by atoms with E-state index in [0.29, 0.717) is 11.6 Å². The Kier molecular flexibility index (Phi) is 4.13. The van der Waals surface area contributed by atoms with Gasteiger partial charge in [0.05, 0.1) is 23.4 Å². The van der Waals surface area contributed by atoms with Crippen LogP contribution in [0.1, 0.15) is 25.5 Å². The molecule has 0 fully saturated rings. The van der Waals surface area contributed by atoms with Crippen LogP contribution in [0.15, 0.2) is 72.0 Å². The van der Waals surface area contributed by atoms with Crippen LogP contribution in [0.4, 0.5) is 0 Å². The Hall–Kier alpha value is -3.21. The van der Waals surface area contributed by atoms with E-state index in [9.17, 15) is 4.79 Å². The topological polar surface area (TPSA) is 63.6 Å². The van der Waals surface area contributed by atoms with Gasteiger partial charge in [-0.1, -0.05) is 50.2 Å². The second kappa shape index (κ2) is 6.59. The Bertz CT molecular complexity index is 1080. The highest BCUT2D eigenvalue weighted by atomic mass is 16.1. The predicted molar refractivity (Wildman–Crippen MR) is 103 cm³/mol. The Morgan fingerprint density at radius 2 is 1.88 bits per heavy atom. The van der Waals surface area contributed by atoms with E-state index in [4.69, 9.17) is 0 Å². The standard InChI is InChI=1S/C21H20N4O/c1-14(2)20(25-11-10-22-13-25)16-8-9-17-18(12-16)23-19(21(26)24-17)15-6-4-3-5-7-15/h3-14,20H,1-2H3,(H,24,26). The second-order valence-corrected chi connectivity index (χ2v) is 6.76. The summed E-state index contributed by atoms with van der Waals surface area (Å²) in [6.07, 6.45) is 5.61. The zero-order chi connectivity index (χ0) is 18.1. The molecule has 0 aliphatic rings. The molecule has 1 atom stereocenters. The number of benzene rings is 2. The third-order valence-electron chi connectivity index (χ3n) is 4.58. The molecule has 0 spiro atoms. The molecular formula is C21H20N4O. The molecule has 4 rings (SSSR count). The minimum absolute atomic E-state index is 0.163. The molecule has 1 N–H and O–H groups in total. The number of rotatable bonds is 4. The van der Waals surface area contributed by atoms with Crippen LogP contribution in [0.2, 0.25) is 0 Å². The van der Waals surface area contributed by atoms with Crippen LogP contribution < -0.4 is 5.56 Å². The number of aromatic amines is 1. The molecule has 4 aromatic rings. The van der Waals surface area contributed by atoms with Crippen LogP contribution in [-0.2, 0) is 0 Å². The lowest BCUT2D eigenvalue weighted by atomic mass is 9.95. The van der Waals surface area contributed by atoms with Gasteiger partial charge in [-0.2, -0.15) is 0 Å². The number of H-pyrrole nitrogens is 1. The summed E-state index contributed by atoms with van der Waals surface area (Å²) in [5.41, 5.74) is 3.75. The zero-order valence-corrected chi connectivity index (χ0v) is 14.8. The number of nitrogens with zero attached hydrogens (tertiary/aromatic N) is 3. The lowest BCUT2D eigenvalue weighted by molar-refractivity contribution is 0.437. The van der Waals surface area contributed by atoms with E-state index >= 15 is 0 Å². The summed E-state index contributed by atoms with van der Waals surface area (Å²) >= 11 is 0. The third-order valence-corrected chi connectivity index (χ3v) is 4.58. The Morgan fingerprint density at radius 3 is 2.58 bits per heavy atom. The minimum Gasteiger partial charge on any atom is -0.330 e. The van der Waals surface area contributed by atoms with Crippen molar-refractivity contribution in [2.24, 2.45) is 5.92 Å². The molecule has 0 amide bonds. The number of imidazole rings is 1. The molecule has 0 aliphatic heterocycles. The van der Waals surface area contributed by atoms with Crippen molar-refractivity contribution in [1.82, 2.24) is 19.5 Å². The van der Waals surface area contributed by atoms with Gasteiger partial charge in [0.2, 0.25) is 0 Å². The largest absolute Gasteiger partial charge is 0.330 e. The molecule has 0 bridgehead atoms. The Morgan fingerprint density at radius 1 is 1.08 bits per heavy atom. The molecule has 0 radical (unpaired) electrons. The van der Waals surface area contributed by atoms with Gasteiger partial charge in [0, 0.05) is 18.0 Å². The summed E-state index contributed by atoms with van der Waals surface area (Å²) < 4.78 is 2.11. The quantitative estimate of drug-likeness (QED) is 0.608. The fraction of sp³-hybridized carbons (Fsp3) is 0.190. The van der Waals surface area contributed by atoms with Crippen molar-refractivity contribution in [3.05, 3.63) is 83.2 Å². The average molecular weight is 344 g/mol. The molecule has 5 nitrogen and oxygen atoms in total. The van der Waals surface area contributed by atoms with Crippen molar-refractivity contribution in [2.75, 3.05) is 0 Å². The van der Waals surface area contributed by atoms with Gasteiger partial charge in [0.1, 0.15) is 5.69 Å². The van der Waals surface area contributed by atoms with Crippen molar-refractivity contribution >= 4 is 11.0 Å². The van der Waals surface area contributed by atoms with E-state index in [1.165, 1.54) is 0 Å². The average Bonchev–Trinajstić information content (AvgIpc) is 3.16. The molecule has 2 heterocycles. The van der Waals surface area contributed by atoms with E-state index < -0.39 is 0 Å². The molecule has 1 unspecified atom stereocenters. The normalized spacial score (nSPS) is 12.6. The predicted octanol–water partition coefficient (Wildman–Crippen LogP) is 4.03. The molecule has 0 saturated carbocycles. The first-order valence-corrected chi connectivity index (χ1v) is 8.70. The van der Waals surface area contributed by atoms with Crippen LogP contribution >= 0.6 is 0 Å². The highest BCUT2D eigenvalue weighted by Gasteiger charge is 2.18. The summed E-state index contributed by atoms with van der Waals surface area (Å²) in [7, 11) is 0. The number of aromatic nitrogens is 4. The Labute approximate surface area is 151 Å². The molecule has 0 saturated heterocycles. The first kappa shape index (κ1) is 16.3. The van der Waals surface area contributed by atoms with Crippen LogP contribution in [0, 0.1) is 5.92 Å².